The van der Waals surface area contributed by atoms with Gasteiger partial charge in [-0.2, -0.15) is 0 Å². The smallest absolute Gasteiger partial charge is 0.107 e. The first-order valence-electron chi connectivity index (χ1n) is 3.08. The molecule has 0 heterocycles. The first kappa shape index (κ1) is 7.63. The Balaban J connectivity index is 2.87. The van der Waals surface area contributed by atoms with E-state index in [4.69, 9.17) is 0 Å². The van der Waals surface area contributed by atoms with E-state index in [9.17, 15) is 5.11 Å². The Labute approximate surface area is 65.1 Å². The van der Waals surface area contributed by atoms with Crippen molar-refractivity contribution in [3.63, 3.8) is 0 Å². The SMILES string of the molecule is CSc1cccc(C[O])c1. The average Bonchev–Trinajstić information content (AvgIpc) is 2.05. The number of benzene rings is 1. The summed E-state index contributed by atoms with van der Waals surface area (Å²) in [6, 6.07) is 7.70. The summed E-state index contributed by atoms with van der Waals surface area (Å²) in [5, 5.41) is 10.4. The molecule has 1 aromatic carbocycles. The van der Waals surface area contributed by atoms with Gasteiger partial charge in [0.05, 0.1) is 0 Å². The lowest BCUT2D eigenvalue weighted by atomic mass is 10.2. The second kappa shape index (κ2) is 3.64. The van der Waals surface area contributed by atoms with E-state index >= 15 is 0 Å². The van der Waals surface area contributed by atoms with Crippen LogP contribution in [-0.4, -0.2) is 6.26 Å². The maximum Gasteiger partial charge on any atom is 0.107 e. The van der Waals surface area contributed by atoms with E-state index in [-0.39, 0.29) is 6.61 Å². The van der Waals surface area contributed by atoms with Crippen molar-refractivity contribution in [2.24, 2.45) is 0 Å². The van der Waals surface area contributed by atoms with Crippen LogP contribution in [0, 0.1) is 0 Å². The second-order valence-electron chi connectivity index (χ2n) is 2.00. The molecule has 0 fully saturated rings. The molecule has 1 nitrogen and oxygen atoms in total. The fourth-order valence-electron chi connectivity index (χ4n) is 0.762. The molecule has 10 heavy (non-hydrogen) atoms. The molecule has 0 aliphatic rings. The zero-order valence-corrected chi connectivity index (χ0v) is 6.65. The summed E-state index contributed by atoms with van der Waals surface area (Å²) in [6.07, 6.45) is 2.00. The van der Waals surface area contributed by atoms with E-state index < -0.39 is 0 Å². The van der Waals surface area contributed by atoms with Crippen LogP contribution in [0.15, 0.2) is 29.2 Å². The van der Waals surface area contributed by atoms with Crippen LogP contribution in [0.3, 0.4) is 0 Å². The number of rotatable bonds is 2. The molecule has 0 saturated carbocycles. The molecule has 1 aromatic rings. The summed E-state index contributed by atoms with van der Waals surface area (Å²) in [4.78, 5) is 1.16. The Kier molecular flexibility index (Phi) is 2.78. The topological polar surface area (TPSA) is 19.9 Å². The van der Waals surface area contributed by atoms with Gasteiger partial charge in [0.25, 0.3) is 0 Å². The minimum absolute atomic E-state index is 0.117. The molecule has 0 bridgehead atoms. The molecule has 0 atom stereocenters. The summed E-state index contributed by atoms with van der Waals surface area (Å²) in [5.41, 5.74) is 0.867. The Bertz CT molecular complexity index is 191. The maximum atomic E-state index is 10.4. The highest BCUT2D eigenvalue weighted by atomic mass is 32.2. The van der Waals surface area contributed by atoms with Gasteiger partial charge >= 0.3 is 0 Å². The third kappa shape index (κ3) is 1.75. The molecule has 0 amide bonds. The third-order valence-corrected chi connectivity index (χ3v) is 2.03. The molecule has 0 N–H and O–H groups in total. The lowest BCUT2D eigenvalue weighted by molar-refractivity contribution is 0.177. The molecule has 53 valence electrons. The van der Waals surface area contributed by atoms with Gasteiger partial charge in [-0.15, -0.1) is 11.8 Å². The Hall–Kier alpha value is -0.470. The van der Waals surface area contributed by atoms with Gasteiger partial charge < -0.3 is 0 Å². The minimum Gasteiger partial charge on any atom is -0.232 e. The Morgan fingerprint density at radius 1 is 1.50 bits per heavy atom. The van der Waals surface area contributed by atoms with Gasteiger partial charge in [0, 0.05) is 4.90 Å². The molecule has 2 heteroatoms. The van der Waals surface area contributed by atoms with Crippen LogP contribution in [0.1, 0.15) is 5.56 Å². The first-order chi connectivity index (χ1) is 4.86. The van der Waals surface area contributed by atoms with Gasteiger partial charge in [-0.05, 0) is 24.0 Å². The lowest BCUT2D eigenvalue weighted by Crippen LogP contribution is -1.79. The van der Waals surface area contributed by atoms with Gasteiger partial charge in [0.15, 0.2) is 0 Å². The van der Waals surface area contributed by atoms with E-state index in [2.05, 4.69) is 0 Å². The summed E-state index contributed by atoms with van der Waals surface area (Å²) in [7, 11) is 0. The molecular formula is C8H9OS. The zero-order chi connectivity index (χ0) is 7.40. The van der Waals surface area contributed by atoms with Crippen LogP contribution in [0.4, 0.5) is 0 Å². The van der Waals surface area contributed by atoms with E-state index in [0.29, 0.717) is 0 Å². The van der Waals surface area contributed by atoms with Crippen LogP contribution in [-0.2, 0) is 11.7 Å². The van der Waals surface area contributed by atoms with E-state index in [1.807, 2.05) is 30.5 Å². The Morgan fingerprint density at radius 3 is 2.90 bits per heavy atom. The van der Waals surface area contributed by atoms with Crippen LogP contribution < -0.4 is 0 Å². The maximum absolute atomic E-state index is 10.4. The van der Waals surface area contributed by atoms with E-state index in [1.54, 1.807) is 11.8 Å². The third-order valence-electron chi connectivity index (χ3n) is 1.30. The van der Waals surface area contributed by atoms with Gasteiger partial charge in [0.1, 0.15) is 6.61 Å². The normalized spacial score (nSPS) is 9.80. The molecule has 0 unspecified atom stereocenters. The average molecular weight is 153 g/mol. The monoisotopic (exact) mass is 153 g/mol. The lowest BCUT2D eigenvalue weighted by Gasteiger charge is -1.96. The highest BCUT2D eigenvalue weighted by Gasteiger charge is 1.91. The second-order valence-corrected chi connectivity index (χ2v) is 2.88. The summed E-state index contributed by atoms with van der Waals surface area (Å²) < 4.78 is 0. The highest BCUT2D eigenvalue weighted by Crippen LogP contribution is 2.15. The molecule has 0 aliphatic carbocycles. The molecule has 0 aliphatic heterocycles. The van der Waals surface area contributed by atoms with Gasteiger partial charge in [-0.25, -0.2) is 5.11 Å². The van der Waals surface area contributed by atoms with E-state index in [0.717, 1.165) is 10.5 Å². The number of hydrogen-bond donors (Lipinski definition) is 0. The Morgan fingerprint density at radius 2 is 2.30 bits per heavy atom. The predicted molar refractivity (Wildman–Crippen MR) is 42.6 cm³/mol. The largest absolute Gasteiger partial charge is 0.232 e. The predicted octanol–water partition coefficient (Wildman–Crippen LogP) is 2.34. The van der Waals surface area contributed by atoms with E-state index in [1.165, 1.54) is 0 Å². The van der Waals surface area contributed by atoms with Crippen molar-refractivity contribution < 1.29 is 5.11 Å². The molecular weight excluding hydrogens is 144 g/mol. The van der Waals surface area contributed by atoms with Crippen molar-refractivity contribution in [2.45, 2.75) is 11.5 Å². The van der Waals surface area contributed by atoms with Crippen LogP contribution in [0.2, 0.25) is 0 Å². The van der Waals surface area contributed by atoms with Gasteiger partial charge in [0.2, 0.25) is 0 Å². The van der Waals surface area contributed by atoms with Crippen molar-refractivity contribution in [2.75, 3.05) is 6.26 Å². The minimum atomic E-state index is -0.117. The summed E-state index contributed by atoms with van der Waals surface area (Å²) >= 11 is 1.66. The fourth-order valence-corrected chi connectivity index (χ4v) is 1.25. The molecule has 1 rings (SSSR count). The standard InChI is InChI=1S/C8H9OS/c1-10-8-4-2-3-7(5-8)6-9/h2-5H,6H2,1H3. The van der Waals surface area contributed by atoms with Crippen LogP contribution in [0.25, 0.3) is 0 Å². The highest BCUT2D eigenvalue weighted by molar-refractivity contribution is 7.98. The van der Waals surface area contributed by atoms with Gasteiger partial charge in [-0.1, -0.05) is 12.1 Å². The van der Waals surface area contributed by atoms with Crippen molar-refractivity contribution in [3.8, 4) is 0 Å². The van der Waals surface area contributed by atoms with Crippen LogP contribution in [0.5, 0.6) is 0 Å². The first-order valence-corrected chi connectivity index (χ1v) is 4.30. The fraction of sp³-hybridized carbons (Fsp3) is 0.250. The molecule has 0 saturated heterocycles. The van der Waals surface area contributed by atoms with Crippen LogP contribution >= 0.6 is 11.8 Å². The van der Waals surface area contributed by atoms with Crippen molar-refractivity contribution in [3.05, 3.63) is 29.8 Å². The summed E-state index contributed by atoms with van der Waals surface area (Å²) in [5.74, 6) is 0. The molecule has 0 aromatic heterocycles. The van der Waals surface area contributed by atoms with Crippen molar-refractivity contribution >= 4 is 11.8 Å². The quantitative estimate of drug-likeness (QED) is 0.597. The number of thioether (sulfide) groups is 1. The summed E-state index contributed by atoms with van der Waals surface area (Å²) in [6.45, 7) is -0.117. The zero-order valence-electron chi connectivity index (χ0n) is 5.83. The molecule has 0 spiro atoms. The molecule has 1 radical (unpaired) electrons. The van der Waals surface area contributed by atoms with Crippen molar-refractivity contribution in [1.29, 1.82) is 0 Å². The van der Waals surface area contributed by atoms with Crippen molar-refractivity contribution in [1.82, 2.24) is 0 Å². The van der Waals surface area contributed by atoms with Gasteiger partial charge in [-0.3, -0.25) is 0 Å². The number of hydrogen-bond acceptors (Lipinski definition) is 1.